The molecule has 0 radical (unpaired) electrons. The average molecular weight is 450 g/mol. The van der Waals surface area contributed by atoms with Gasteiger partial charge < -0.3 is 18.6 Å². The summed E-state index contributed by atoms with van der Waals surface area (Å²) in [6.45, 7) is 0. The summed E-state index contributed by atoms with van der Waals surface area (Å²) in [7, 11) is 4.60. The van der Waals surface area contributed by atoms with Gasteiger partial charge in [-0.15, -0.1) is 11.3 Å². The molecule has 1 amide bonds. The van der Waals surface area contributed by atoms with Crippen LogP contribution in [0.1, 0.15) is 27.7 Å². The Kier molecular flexibility index (Phi) is 4.82. The van der Waals surface area contributed by atoms with Crippen molar-refractivity contribution < 1.29 is 23.4 Å². The molecule has 162 valence electrons. The summed E-state index contributed by atoms with van der Waals surface area (Å²) in [4.78, 5) is 32.9. The molecule has 2 aromatic heterocycles. The second kappa shape index (κ2) is 7.69. The van der Waals surface area contributed by atoms with Crippen LogP contribution in [-0.2, 0) is 0 Å². The predicted molar refractivity (Wildman–Crippen MR) is 119 cm³/mol. The smallest absolute Gasteiger partial charge is 0.297 e. The molecule has 1 aliphatic heterocycles. The van der Waals surface area contributed by atoms with Crippen LogP contribution in [0.15, 0.2) is 57.2 Å². The van der Waals surface area contributed by atoms with Gasteiger partial charge in [0.1, 0.15) is 11.3 Å². The first-order chi connectivity index (χ1) is 15.6. The number of aromatic nitrogens is 1. The number of hydrogen-bond acceptors (Lipinski definition) is 8. The van der Waals surface area contributed by atoms with Crippen LogP contribution in [0.2, 0.25) is 0 Å². The Morgan fingerprint density at radius 3 is 2.50 bits per heavy atom. The molecule has 3 heterocycles. The van der Waals surface area contributed by atoms with Crippen LogP contribution in [0, 0.1) is 0 Å². The Bertz CT molecular complexity index is 1400. The molecule has 0 saturated heterocycles. The third kappa shape index (κ3) is 2.93. The van der Waals surface area contributed by atoms with Crippen molar-refractivity contribution in [2.45, 2.75) is 6.04 Å². The summed E-state index contributed by atoms with van der Waals surface area (Å²) in [5.74, 6) is 1.11. The Morgan fingerprint density at radius 1 is 1.00 bits per heavy atom. The molecular weight excluding hydrogens is 432 g/mol. The van der Waals surface area contributed by atoms with E-state index in [0.29, 0.717) is 33.3 Å². The van der Waals surface area contributed by atoms with Crippen molar-refractivity contribution in [2.24, 2.45) is 0 Å². The quantitative estimate of drug-likeness (QED) is 0.453. The van der Waals surface area contributed by atoms with Crippen LogP contribution in [0.5, 0.6) is 17.2 Å². The fourth-order valence-corrected chi connectivity index (χ4v) is 4.62. The lowest BCUT2D eigenvalue weighted by atomic mass is 9.98. The number of carbonyl (C=O) groups excluding carboxylic acids is 1. The molecule has 4 aromatic rings. The molecule has 2 aromatic carbocycles. The van der Waals surface area contributed by atoms with Crippen molar-refractivity contribution in [3.8, 4) is 17.2 Å². The molecule has 0 unspecified atom stereocenters. The van der Waals surface area contributed by atoms with E-state index < -0.39 is 11.9 Å². The zero-order chi connectivity index (χ0) is 22.4. The summed E-state index contributed by atoms with van der Waals surface area (Å²) in [6, 6.07) is 9.49. The van der Waals surface area contributed by atoms with Gasteiger partial charge in [-0.05, 0) is 29.8 Å². The van der Waals surface area contributed by atoms with Crippen molar-refractivity contribution in [3.05, 3.63) is 75.1 Å². The second-order valence-corrected chi connectivity index (χ2v) is 7.92. The molecule has 0 fully saturated rings. The van der Waals surface area contributed by atoms with E-state index >= 15 is 0 Å². The van der Waals surface area contributed by atoms with Gasteiger partial charge in [-0.25, -0.2) is 4.98 Å². The number of ether oxygens (including phenoxy) is 3. The van der Waals surface area contributed by atoms with Crippen molar-refractivity contribution in [1.29, 1.82) is 0 Å². The highest BCUT2D eigenvalue weighted by Crippen LogP contribution is 2.43. The molecular formula is C23H18N2O6S. The first kappa shape index (κ1) is 20.1. The van der Waals surface area contributed by atoms with Gasteiger partial charge in [0.25, 0.3) is 5.91 Å². The number of amides is 1. The lowest BCUT2D eigenvalue weighted by Gasteiger charge is -2.23. The molecule has 1 atom stereocenters. The fraction of sp³-hybridized carbons (Fsp3) is 0.174. The number of methoxy groups -OCH3 is 3. The van der Waals surface area contributed by atoms with Crippen LogP contribution < -0.4 is 24.5 Å². The Balaban J connectivity index is 1.79. The monoisotopic (exact) mass is 450 g/mol. The number of rotatable bonds is 5. The number of anilines is 1. The molecule has 32 heavy (non-hydrogen) atoms. The highest BCUT2D eigenvalue weighted by molar-refractivity contribution is 7.13. The van der Waals surface area contributed by atoms with Gasteiger partial charge in [-0.1, -0.05) is 6.07 Å². The Morgan fingerprint density at radius 2 is 1.81 bits per heavy atom. The number of carbonyl (C=O) groups is 1. The molecule has 0 spiro atoms. The summed E-state index contributed by atoms with van der Waals surface area (Å²) in [5, 5.41) is 2.60. The number of nitrogens with zero attached hydrogens (tertiary/aromatic N) is 2. The van der Waals surface area contributed by atoms with Gasteiger partial charge in [0.05, 0.1) is 38.3 Å². The number of benzene rings is 2. The van der Waals surface area contributed by atoms with Crippen molar-refractivity contribution in [3.63, 3.8) is 0 Å². The standard InChI is InChI=1S/C23H18N2O6S/c1-28-13-5-6-14-16(11-13)31-21-18(20(14)26)19(25(22(21)27)23-24-8-9-32-23)12-4-7-15(29-2)17(10-12)30-3/h4-11,19H,1-3H3/t19-/m0/s1. The lowest BCUT2D eigenvalue weighted by molar-refractivity contribution is 0.0971. The maximum Gasteiger partial charge on any atom is 0.297 e. The van der Waals surface area contributed by atoms with Crippen LogP contribution in [0.4, 0.5) is 5.13 Å². The third-order valence-corrected chi connectivity index (χ3v) is 6.20. The molecule has 8 nitrogen and oxygen atoms in total. The molecule has 0 N–H and O–H groups in total. The molecule has 0 saturated carbocycles. The van der Waals surface area contributed by atoms with Crippen molar-refractivity contribution in [2.75, 3.05) is 26.2 Å². The molecule has 0 bridgehead atoms. The summed E-state index contributed by atoms with van der Waals surface area (Å²) in [6.07, 6.45) is 1.61. The summed E-state index contributed by atoms with van der Waals surface area (Å²) < 4.78 is 22.0. The van der Waals surface area contributed by atoms with E-state index in [9.17, 15) is 9.59 Å². The minimum absolute atomic E-state index is 0.00858. The van der Waals surface area contributed by atoms with E-state index in [4.69, 9.17) is 18.6 Å². The van der Waals surface area contributed by atoms with Crippen LogP contribution >= 0.6 is 11.3 Å². The average Bonchev–Trinajstić information content (AvgIpc) is 3.45. The third-order valence-electron chi connectivity index (χ3n) is 5.43. The van der Waals surface area contributed by atoms with Crippen molar-refractivity contribution >= 4 is 33.3 Å². The van der Waals surface area contributed by atoms with Gasteiger partial charge in [-0.3, -0.25) is 14.5 Å². The van der Waals surface area contributed by atoms with E-state index in [1.165, 1.54) is 30.5 Å². The van der Waals surface area contributed by atoms with Gasteiger partial charge in [-0.2, -0.15) is 0 Å². The largest absolute Gasteiger partial charge is 0.497 e. The number of thiazole rings is 1. The molecule has 1 aliphatic rings. The number of hydrogen-bond donors (Lipinski definition) is 0. The van der Waals surface area contributed by atoms with E-state index in [0.717, 1.165) is 0 Å². The van der Waals surface area contributed by atoms with Gasteiger partial charge in [0.15, 0.2) is 22.1 Å². The highest BCUT2D eigenvalue weighted by Gasteiger charge is 2.45. The normalized spacial score (nSPS) is 15.2. The van der Waals surface area contributed by atoms with Gasteiger partial charge in [0, 0.05) is 17.6 Å². The van der Waals surface area contributed by atoms with E-state index in [2.05, 4.69) is 4.98 Å². The molecule has 9 heteroatoms. The zero-order valence-electron chi connectivity index (χ0n) is 17.4. The summed E-state index contributed by atoms with van der Waals surface area (Å²) >= 11 is 1.30. The topological polar surface area (TPSA) is 91.1 Å². The Hall–Kier alpha value is -3.85. The van der Waals surface area contributed by atoms with E-state index in [1.807, 2.05) is 0 Å². The second-order valence-electron chi connectivity index (χ2n) is 7.04. The van der Waals surface area contributed by atoms with E-state index in [-0.39, 0.29) is 22.3 Å². The van der Waals surface area contributed by atoms with Crippen LogP contribution in [-0.4, -0.2) is 32.2 Å². The minimum Gasteiger partial charge on any atom is -0.497 e. The first-order valence-electron chi connectivity index (χ1n) is 9.67. The van der Waals surface area contributed by atoms with Crippen molar-refractivity contribution in [1.82, 2.24) is 4.98 Å². The maximum absolute atomic E-state index is 13.6. The summed E-state index contributed by atoms with van der Waals surface area (Å²) in [5.41, 5.74) is 0.935. The van der Waals surface area contributed by atoms with E-state index in [1.54, 1.807) is 55.1 Å². The number of fused-ring (bicyclic) bond motifs is 2. The highest BCUT2D eigenvalue weighted by atomic mass is 32.1. The maximum atomic E-state index is 13.6. The SMILES string of the molecule is COc1ccc2c(=O)c3c(oc2c1)C(=O)N(c1nccs1)[C@H]3c1ccc(OC)c(OC)c1. The van der Waals surface area contributed by atoms with Gasteiger partial charge in [0.2, 0.25) is 5.76 Å². The molecule has 0 aliphatic carbocycles. The fourth-order valence-electron chi connectivity index (χ4n) is 3.95. The first-order valence-corrected chi connectivity index (χ1v) is 10.5. The lowest BCUT2D eigenvalue weighted by Crippen LogP contribution is -2.29. The molecule has 5 rings (SSSR count). The predicted octanol–water partition coefficient (Wildman–Crippen LogP) is 4.03. The minimum atomic E-state index is -0.730. The van der Waals surface area contributed by atoms with Gasteiger partial charge >= 0.3 is 0 Å². The zero-order valence-corrected chi connectivity index (χ0v) is 18.3. The van der Waals surface area contributed by atoms with Crippen LogP contribution in [0.25, 0.3) is 11.0 Å². The van der Waals surface area contributed by atoms with Crippen LogP contribution in [0.3, 0.4) is 0 Å². The Labute approximate surface area is 186 Å².